The van der Waals surface area contributed by atoms with Gasteiger partial charge < -0.3 is 9.59 Å². The second-order valence-electron chi connectivity index (χ2n) is 14.2. The van der Waals surface area contributed by atoms with Crippen LogP contribution in [0.15, 0.2) is 0 Å². The summed E-state index contributed by atoms with van der Waals surface area (Å²) in [5.74, 6) is 0. The van der Waals surface area contributed by atoms with Gasteiger partial charge in [-0.3, -0.25) is 0 Å². The van der Waals surface area contributed by atoms with E-state index in [0.29, 0.717) is 0 Å². The summed E-state index contributed by atoms with van der Waals surface area (Å²) in [5.41, 5.74) is 0. The monoisotopic (exact) mass is 581 g/mol. The maximum Gasteiger partial charge on any atom is 0.187 e. The molecular weight excluding hydrogens is 498 g/mol. The first kappa shape index (κ1) is 40.9. The molecule has 41 heavy (non-hydrogen) atoms. The molecule has 1 N–H and O–H groups in total. The minimum atomic E-state index is -0.234. The minimum absolute atomic E-state index is 0.234. The third kappa shape index (κ3) is 29.8. The first-order valence-corrected chi connectivity index (χ1v) is 19.6. The van der Waals surface area contributed by atoms with Crippen molar-refractivity contribution in [3.8, 4) is 0 Å². The zero-order valence-electron chi connectivity index (χ0n) is 29.5. The Kier molecular flexibility index (Phi) is 32.8. The quantitative estimate of drug-likeness (QED) is 0.0449. The number of quaternary nitrogens is 1. The molecule has 0 aromatic heterocycles. The van der Waals surface area contributed by atoms with Gasteiger partial charge in [0.1, 0.15) is 0 Å². The van der Waals surface area contributed by atoms with Crippen molar-refractivity contribution in [3.05, 3.63) is 0 Å². The second kappa shape index (κ2) is 32.8. The summed E-state index contributed by atoms with van der Waals surface area (Å²) in [6, 6.07) is 0. The van der Waals surface area contributed by atoms with Gasteiger partial charge in [-0.1, -0.05) is 194 Å². The van der Waals surface area contributed by atoms with Crippen LogP contribution in [0.1, 0.15) is 226 Å². The number of nitrogens with zero attached hydrogens (tertiary/aromatic N) is 1. The van der Waals surface area contributed by atoms with Crippen LogP contribution in [0, 0.1) is 0 Å². The number of hydrogen-bond acceptors (Lipinski definition) is 1. The molecule has 0 aromatic carbocycles. The first-order chi connectivity index (χ1) is 20.1. The van der Waals surface area contributed by atoms with Crippen molar-refractivity contribution in [2.45, 2.75) is 232 Å². The van der Waals surface area contributed by atoms with E-state index in [1.165, 1.54) is 205 Å². The maximum atomic E-state index is 10.5. The summed E-state index contributed by atoms with van der Waals surface area (Å²) < 4.78 is 0.858. The van der Waals surface area contributed by atoms with Gasteiger partial charge in [0.05, 0.1) is 20.1 Å². The first-order valence-electron chi connectivity index (χ1n) is 19.6. The van der Waals surface area contributed by atoms with E-state index in [9.17, 15) is 5.11 Å². The molecule has 0 rings (SSSR count). The summed E-state index contributed by atoms with van der Waals surface area (Å²) in [6.45, 7) is 8.91. The van der Waals surface area contributed by atoms with Gasteiger partial charge in [0.15, 0.2) is 6.23 Å². The lowest BCUT2D eigenvalue weighted by Crippen LogP contribution is -2.52. The lowest BCUT2D eigenvalue weighted by Gasteiger charge is -2.37. The molecule has 0 fully saturated rings. The smallest absolute Gasteiger partial charge is 0.187 e. The van der Waals surface area contributed by atoms with E-state index in [1.807, 2.05) is 6.92 Å². The fourth-order valence-corrected chi connectivity index (χ4v) is 6.53. The highest BCUT2D eigenvalue weighted by atomic mass is 16.3. The van der Waals surface area contributed by atoms with E-state index in [4.69, 9.17) is 0 Å². The molecular formula is C39H82NO+. The maximum absolute atomic E-state index is 10.5. The molecule has 1 unspecified atom stereocenters. The average Bonchev–Trinajstić information content (AvgIpc) is 2.96. The van der Waals surface area contributed by atoms with Crippen molar-refractivity contribution in [2.24, 2.45) is 0 Å². The highest BCUT2D eigenvalue weighted by Gasteiger charge is 2.26. The Morgan fingerprint density at radius 1 is 0.341 bits per heavy atom. The Balaban J connectivity index is 3.50. The number of aliphatic hydroxyl groups is 1. The van der Waals surface area contributed by atoms with E-state index >= 15 is 0 Å². The number of hydrogen-bond donors (Lipinski definition) is 1. The van der Waals surface area contributed by atoms with Crippen molar-refractivity contribution in [1.29, 1.82) is 0 Å². The molecule has 0 saturated carbocycles. The van der Waals surface area contributed by atoms with Gasteiger partial charge in [-0.25, -0.2) is 0 Å². The molecule has 0 heterocycles. The summed E-state index contributed by atoms with van der Waals surface area (Å²) in [4.78, 5) is 0. The van der Waals surface area contributed by atoms with Gasteiger partial charge in [-0.2, -0.15) is 0 Å². The average molecular weight is 581 g/mol. The van der Waals surface area contributed by atoms with Crippen molar-refractivity contribution < 1.29 is 9.59 Å². The molecule has 1 atom stereocenters. The molecule has 2 heteroatoms. The lowest BCUT2D eigenvalue weighted by atomic mass is 10.0. The van der Waals surface area contributed by atoms with Crippen LogP contribution in [0.25, 0.3) is 0 Å². The molecule has 0 aromatic rings. The zero-order valence-corrected chi connectivity index (χ0v) is 29.5. The lowest BCUT2D eigenvalue weighted by molar-refractivity contribution is -0.952. The Morgan fingerprint density at radius 3 is 0.683 bits per heavy atom. The summed E-state index contributed by atoms with van der Waals surface area (Å²) in [5, 5.41) is 10.5. The summed E-state index contributed by atoms with van der Waals surface area (Å²) in [7, 11) is 2.29. The molecule has 0 aliphatic rings. The predicted octanol–water partition coefficient (Wildman–Crippen LogP) is 13.3. The Bertz CT molecular complexity index is 440. The molecule has 0 bridgehead atoms. The van der Waals surface area contributed by atoms with E-state index in [-0.39, 0.29) is 6.23 Å². The Labute approximate surface area is 261 Å². The van der Waals surface area contributed by atoms with Crippen LogP contribution in [-0.2, 0) is 0 Å². The molecule has 248 valence electrons. The SMILES string of the molecule is CCCCCCCCCCCCCCCCCC[N+](C)(CCCCCCCCCCCCCCCCCC)C(C)O. The minimum Gasteiger partial charge on any atom is -0.345 e. The largest absolute Gasteiger partial charge is 0.345 e. The Morgan fingerprint density at radius 2 is 0.512 bits per heavy atom. The van der Waals surface area contributed by atoms with Gasteiger partial charge >= 0.3 is 0 Å². The van der Waals surface area contributed by atoms with Crippen LogP contribution in [-0.4, -0.2) is 36.0 Å². The van der Waals surface area contributed by atoms with Gasteiger partial charge in [-0.15, -0.1) is 0 Å². The molecule has 0 aliphatic heterocycles. The van der Waals surface area contributed by atoms with Gasteiger partial charge in [0.2, 0.25) is 0 Å². The van der Waals surface area contributed by atoms with Crippen LogP contribution >= 0.6 is 0 Å². The Hall–Kier alpha value is -0.0800. The molecule has 0 aliphatic carbocycles. The number of rotatable bonds is 35. The highest BCUT2D eigenvalue weighted by Crippen LogP contribution is 2.18. The van der Waals surface area contributed by atoms with E-state index < -0.39 is 0 Å². The highest BCUT2D eigenvalue weighted by molar-refractivity contribution is 4.53. The normalized spacial score (nSPS) is 12.8. The second-order valence-corrected chi connectivity index (χ2v) is 14.2. The predicted molar refractivity (Wildman–Crippen MR) is 187 cm³/mol. The van der Waals surface area contributed by atoms with Crippen molar-refractivity contribution in [1.82, 2.24) is 0 Å². The van der Waals surface area contributed by atoms with Crippen molar-refractivity contribution in [2.75, 3.05) is 20.1 Å². The molecule has 0 saturated heterocycles. The third-order valence-electron chi connectivity index (χ3n) is 9.95. The molecule has 2 nitrogen and oxygen atoms in total. The van der Waals surface area contributed by atoms with E-state index in [1.54, 1.807) is 0 Å². The van der Waals surface area contributed by atoms with Crippen LogP contribution < -0.4 is 0 Å². The fourth-order valence-electron chi connectivity index (χ4n) is 6.53. The summed E-state index contributed by atoms with van der Waals surface area (Å²) in [6.07, 6.45) is 45.3. The molecule has 0 radical (unpaired) electrons. The van der Waals surface area contributed by atoms with Gasteiger partial charge in [0.25, 0.3) is 0 Å². The topological polar surface area (TPSA) is 20.2 Å². The standard InChI is InChI=1S/C39H82NO/c1-5-7-9-11-13-15-17-19-21-23-25-27-29-31-33-35-37-40(4,39(3)41)38-36-34-32-30-28-26-24-22-20-18-16-14-12-10-8-6-2/h39,41H,5-38H2,1-4H3/q+1. The number of unbranched alkanes of at least 4 members (excludes halogenated alkanes) is 30. The van der Waals surface area contributed by atoms with Gasteiger partial charge in [-0.05, 0) is 25.7 Å². The van der Waals surface area contributed by atoms with Crippen LogP contribution in [0.4, 0.5) is 0 Å². The zero-order chi connectivity index (χ0) is 30.1. The van der Waals surface area contributed by atoms with Crippen LogP contribution in [0.3, 0.4) is 0 Å². The van der Waals surface area contributed by atoms with Crippen molar-refractivity contribution in [3.63, 3.8) is 0 Å². The molecule has 0 spiro atoms. The number of aliphatic hydroxyl groups excluding tert-OH is 1. The molecule has 0 amide bonds. The van der Waals surface area contributed by atoms with Crippen LogP contribution in [0.2, 0.25) is 0 Å². The van der Waals surface area contributed by atoms with E-state index in [2.05, 4.69) is 20.9 Å². The fraction of sp³-hybridized carbons (Fsp3) is 1.00. The van der Waals surface area contributed by atoms with E-state index in [0.717, 1.165) is 17.6 Å². The van der Waals surface area contributed by atoms with Crippen molar-refractivity contribution >= 4 is 0 Å². The van der Waals surface area contributed by atoms with Crippen LogP contribution in [0.5, 0.6) is 0 Å². The third-order valence-corrected chi connectivity index (χ3v) is 9.95. The summed E-state index contributed by atoms with van der Waals surface area (Å²) >= 11 is 0. The van der Waals surface area contributed by atoms with Gasteiger partial charge in [0, 0.05) is 6.92 Å².